The quantitative estimate of drug-likeness (QED) is 0.541. The second-order valence-electron chi connectivity index (χ2n) is 3.27. The zero-order valence-corrected chi connectivity index (χ0v) is 9.20. The van der Waals surface area contributed by atoms with Crippen LogP contribution in [0.5, 0.6) is 0 Å². The number of carbonyl (C=O) groups excluding carboxylic acids is 3. The Morgan fingerprint density at radius 2 is 2.00 bits per heavy atom. The summed E-state index contributed by atoms with van der Waals surface area (Å²) in [5.74, 6) is -0.998. The fourth-order valence-corrected chi connectivity index (χ4v) is 1.18. The third kappa shape index (κ3) is 3.05. The molecule has 16 heavy (non-hydrogen) atoms. The van der Waals surface area contributed by atoms with E-state index in [0.717, 1.165) is 0 Å². The SMILES string of the molecule is CCOC(=O)CNC1=CC(=O)C(C)=CC1=O. The molecule has 0 bridgehead atoms. The fraction of sp³-hybridized carbons (Fsp3) is 0.364. The van der Waals surface area contributed by atoms with Crippen LogP contribution in [0.4, 0.5) is 0 Å². The van der Waals surface area contributed by atoms with E-state index in [4.69, 9.17) is 0 Å². The molecule has 5 nitrogen and oxygen atoms in total. The van der Waals surface area contributed by atoms with Crippen molar-refractivity contribution in [2.24, 2.45) is 0 Å². The maximum absolute atomic E-state index is 11.4. The van der Waals surface area contributed by atoms with E-state index in [1.165, 1.54) is 12.2 Å². The highest BCUT2D eigenvalue weighted by molar-refractivity contribution is 6.19. The van der Waals surface area contributed by atoms with Gasteiger partial charge < -0.3 is 10.1 Å². The van der Waals surface area contributed by atoms with Crippen molar-refractivity contribution in [1.82, 2.24) is 5.32 Å². The van der Waals surface area contributed by atoms with Gasteiger partial charge >= 0.3 is 5.97 Å². The van der Waals surface area contributed by atoms with Crippen LogP contribution in [0.1, 0.15) is 13.8 Å². The van der Waals surface area contributed by atoms with Crippen LogP contribution in [0.3, 0.4) is 0 Å². The molecule has 0 aromatic rings. The van der Waals surface area contributed by atoms with Gasteiger partial charge in [0.05, 0.1) is 12.3 Å². The van der Waals surface area contributed by atoms with Gasteiger partial charge in [0.1, 0.15) is 6.54 Å². The van der Waals surface area contributed by atoms with E-state index in [1.54, 1.807) is 13.8 Å². The van der Waals surface area contributed by atoms with Crippen LogP contribution in [0.2, 0.25) is 0 Å². The minimum atomic E-state index is -0.463. The molecule has 86 valence electrons. The minimum absolute atomic E-state index is 0.119. The molecule has 0 atom stereocenters. The zero-order valence-electron chi connectivity index (χ0n) is 9.20. The Labute approximate surface area is 93.2 Å². The van der Waals surface area contributed by atoms with E-state index in [2.05, 4.69) is 10.1 Å². The average Bonchev–Trinajstić information content (AvgIpc) is 2.22. The van der Waals surface area contributed by atoms with E-state index in [9.17, 15) is 14.4 Å². The second-order valence-corrected chi connectivity index (χ2v) is 3.27. The number of hydrogen-bond donors (Lipinski definition) is 1. The lowest BCUT2D eigenvalue weighted by Crippen LogP contribution is -2.29. The van der Waals surface area contributed by atoms with Crippen LogP contribution in [-0.4, -0.2) is 30.7 Å². The van der Waals surface area contributed by atoms with Gasteiger partial charge in [-0.15, -0.1) is 0 Å². The molecular weight excluding hydrogens is 210 g/mol. The van der Waals surface area contributed by atoms with Crippen molar-refractivity contribution in [3.05, 3.63) is 23.4 Å². The molecule has 0 unspecified atom stereocenters. The van der Waals surface area contributed by atoms with Gasteiger partial charge in [0.15, 0.2) is 5.78 Å². The molecule has 0 aliphatic heterocycles. The molecule has 0 aromatic heterocycles. The van der Waals surface area contributed by atoms with Crippen molar-refractivity contribution in [3.63, 3.8) is 0 Å². The minimum Gasteiger partial charge on any atom is -0.465 e. The van der Waals surface area contributed by atoms with Gasteiger partial charge in [0.2, 0.25) is 5.78 Å². The molecule has 1 rings (SSSR count). The molecule has 0 spiro atoms. The van der Waals surface area contributed by atoms with Crippen LogP contribution >= 0.6 is 0 Å². The summed E-state index contributed by atoms with van der Waals surface area (Å²) in [5.41, 5.74) is 0.523. The lowest BCUT2D eigenvalue weighted by molar-refractivity contribution is -0.141. The molecule has 0 amide bonds. The van der Waals surface area contributed by atoms with Gasteiger partial charge in [0, 0.05) is 11.6 Å². The highest BCUT2D eigenvalue weighted by Crippen LogP contribution is 2.08. The van der Waals surface area contributed by atoms with Gasteiger partial charge in [-0.3, -0.25) is 14.4 Å². The first kappa shape index (κ1) is 12.2. The smallest absolute Gasteiger partial charge is 0.325 e. The first-order valence-corrected chi connectivity index (χ1v) is 4.92. The van der Waals surface area contributed by atoms with Crippen molar-refractivity contribution >= 4 is 17.5 Å². The van der Waals surface area contributed by atoms with E-state index in [-0.39, 0.29) is 30.4 Å². The Balaban J connectivity index is 2.56. The third-order valence-electron chi connectivity index (χ3n) is 2.01. The summed E-state index contributed by atoms with van der Waals surface area (Å²) in [6, 6.07) is 0. The molecule has 0 saturated carbocycles. The molecule has 0 aromatic carbocycles. The molecule has 0 fully saturated rings. The van der Waals surface area contributed by atoms with Crippen LogP contribution < -0.4 is 5.32 Å². The Morgan fingerprint density at radius 3 is 2.62 bits per heavy atom. The molecule has 1 aliphatic carbocycles. The fourth-order valence-electron chi connectivity index (χ4n) is 1.18. The second kappa shape index (κ2) is 5.25. The Hall–Kier alpha value is -1.91. The monoisotopic (exact) mass is 223 g/mol. The zero-order chi connectivity index (χ0) is 12.1. The number of nitrogens with one attached hydrogen (secondary N) is 1. The number of ketones is 2. The van der Waals surface area contributed by atoms with Crippen molar-refractivity contribution in [1.29, 1.82) is 0 Å². The van der Waals surface area contributed by atoms with Crippen LogP contribution in [-0.2, 0) is 19.1 Å². The molecule has 0 saturated heterocycles. The van der Waals surface area contributed by atoms with E-state index >= 15 is 0 Å². The molecule has 1 N–H and O–H groups in total. The Morgan fingerprint density at radius 1 is 1.31 bits per heavy atom. The van der Waals surface area contributed by atoms with Crippen LogP contribution in [0, 0.1) is 0 Å². The maximum atomic E-state index is 11.4. The predicted octanol–water partition coefficient (Wildman–Crippen LogP) is 0.121. The van der Waals surface area contributed by atoms with E-state index in [0.29, 0.717) is 5.57 Å². The van der Waals surface area contributed by atoms with Gasteiger partial charge in [-0.1, -0.05) is 0 Å². The molecule has 1 aliphatic rings. The average molecular weight is 223 g/mol. The number of carbonyl (C=O) groups is 3. The summed E-state index contributed by atoms with van der Waals surface area (Å²) in [6.45, 7) is 3.43. The van der Waals surface area contributed by atoms with Gasteiger partial charge in [-0.2, -0.15) is 0 Å². The number of esters is 1. The lowest BCUT2D eigenvalue weighted by atomic mass is 10.0. The number of rotatable bonds is 4. The number of ether oxygens (including phenoxy) is 1. The summed E-state index contributed by atoms with van der Waals surface area (Å²) in [4.78, 5) is 33.7. The van der Waals surface area contributed by atoms with E-state index < -0.39 is 5.97 Å². The summed E-state index contributed by atoms with van der Waals surface area (Å²) < 4.78 is 4.68. The van der Waals surface area contributed by atoms with Crippen molar-refractivity contribution in [2.45, 2.75) is 13.8 Å². The highest BCUT2D eigenvalue weighted by Gasteiger charge is 2.17. The number of hydrogen-bond acceptors (Lipinski definition) is 5. The molecule has 0 radical (unpaired) electrons. The topological polar surface area (TPSA) is 72.5 Å². The summed E-state index contributed by atoms with van der Waals surface area (Å²) in [5, 5.41) is 2.58. The highest BCUT2D eigenvalue weighted by atomic mass is 16.5. The molecular formula is C11H13NO4. The Kier molecular flexibility index (Phi) is 3.99. The van der Waals surface area contributed by atoms with E-state index in [1.807, 2.05) is 0 Å². The third-order valence-corrected chi connectivity index (χ3v) is 2.01. The van der Waals surface area contributed by atoms with Crippen molar-refractivity contribution in [2.75, 3.05) is 13.2 Å². The standard InChI is InChI=1S/C11H13NO4/c1-3-16-11(15)6-12-8-5-9(13)7(2)4-10(8)14/h4-5,12H,3,6H2,1-2H3. The number of allylic oxidation sites excluding steroid dienone is 3. The van der Waals surface area contributed by atoms with Crippen LogP contribution in [0.15, 0.2) is 23.4 Å². The van der Waals surface area contributed by atoms with Crippen molar-refractivity contribution < 1.29 is 19.1 Å². The molecule has 0 heterocycles. The van der Waals surface area contributed by atoms with Crippen molar-refractivity contribution in [3.8, 4) is 0 Å². The lowest BCUT2D eigenvalue weighted by Gasteiger charge is -2.11. The predicted molar refractivity (Wildman–Crippen MR) is 56.5 cm³/mol. The van der Waals surface area contributed by atoms with Gasteiger partial charge in [-0.25, -0.2) is 0 Å². The normalized spacial score (nSPS) is 15.4. The van der Waals surface area contributed by atoms with Crippen LogP contribution in [0.25, 0.3) is 0 Å². The summed E-state index contributed by atoms with van der Waals surface area (Å²) >= 11 is 0. The first-order valence-electron chi connectivity index (χ1n) is 4.92. The largest absolute Gasteiger partial charge is 0.465 e. The summed E-state index contributed by atoms with van der Waals surface area (Å²) in [7, 11) is 0. The van der Waals surface area contributed by atoms with Gasteiger partial charge in [0.25, 0.3) is 0 Å². The Bertz CT molecular complexity index is 393. The summed E-state index contributed by atoms with van der Waals surface area (Å²) in [6.07, 6.45) is 2.44. The first-order chi connectivity index (χ1) is 7.54. The molecule has 5 heteroatoms. The maximum Gasteiger partial charge on any atom is 0.325 e. The van der Waals surface area contributed by atoms with Gasteiger partial charge in [-0.05, 0) is 19.9 Å².